The molecule has 0 aliphatic rings. The summed E-state index contributed by atoms with van der Waals surface area (Å²) in [6.07, 6.45) is 32.6. The van der Waals surface area contributed by atoms with E-state index >= 15 is 0 Å². The number of aliphatic hydroxyl groups excluding tert-OH is 1. The Hall–Kier alpha value is -0.0400. The van der Waals surface area contributed by atoms with Crippen molar-refractivity contribution in [1.29, 1.82) is 0 Å². The number of hydrogen-bond acceptors (Lipinski definition) is 1. The van der Waals surface area contributed by atoms with E-state index in [9.17, 15) is 5.11 Å². The molecule has 0 saturated carbocycles. The summed E-state index contributed by atoms with van der Waals surface area (Å²) in [5, 5.41) is 10.1. The minimum absolute atomic E-state index is 0.0304. The fourth-order valence-electron chi connectivity index (χ4n) is 4.23. The van der Waals surface area contributed by atoms with E-state index in [1.807, 2.05) is 0 Å². The average Bonchev–Trinajstić information content (AvgIpc) is 2.70. The zero-order chi connectivity index (χ0) is 20.5. The molecule has 170 valence electrons. The molecule has 0 aromatic heterocycles. The molecular formula is C27H56O. The number of aliphatic hydroxyl groups is 1. The quantitative estimate of drug-likeness (QED) is 0.161. The van der Waals surface area contributed by atoms with Crippen molar-refractivity contribution >= 4 is 0 Å². The van der Waals surface area contributed by atoms with Crippen LogP contribution in [-0.4, -0.2) is 11.2 Å². The van der Waals surface area contributed by atoms with Crippen LogP contribution in [0.15, 0.2) is 0 Å². The van der Waals surface area contributed by atoms with Gasteiger partial charge >= 0.3 is 0 Å². The number of rotatable bonds is 24. The molecule has 0 aliphatic heterocycles. The van der Waals surface area contributed by atoms with Gasteiger partial charge in [-0.2, -0.15) is 0 Å². The van der Waals surface area contributed by atoms with Crippen molar-refractivity contribution in [3.05, 3.63) is 0 Å². The summed E-state index contributed by atoms with van der Waals surface area (Å²) in [6, 6.07) is 0. The van der Waals surface area contributed by atoms with Crippen LogP contribution in [-0.2, 0) is 0 Å². The maximum atomic E-state index is 10.1. The second-order valence-electron chi connectivity index (χ2n) is 9.30. The van der Waals surface area contributed by atoms with Crippen LogP contribution in [0.3, 0.4) is 0 Å². The molecule has 1 atom stereocenters. The summed E-state index contributed by atoms with van der Waals surface area (Å²) in [7, 11) is 0. The minimum Gasteiger partial charge on any atom is -0.393 e. The molecule has 1 nitrogen and oxygen atoms in total. The van der Waals surface area contributed by atoms with Gasteiger partial charge in [0, 0.05) is 0 Å². The van der Waals surface area contributed by atoms with Crippen LogP contribution in [0.4, 0.5) is 0 Å². The summed E-state index contributed by atoms with van der Waals surface area (Å²) >= 11 is 0. The maximum absolute atomic E-state index is 10.1. The summed E-state index contributed by atoms with van der Waals surface area (Å²) in [5.74, 6) is 0. The Balaban J connectivity index is 3.12. The van der Waals surface area contributed by atoms with Gasteiger partial charge in [0.25, 0.3) is 0 Å². The van der Waals surface area contributed by atoms with E-state index in [1.165, 1.54) is 141 Å². The van der Waals surface area contributed by atoms with Crippen LogP contribution in [0, 0.1) is 0 Å². The fraction of sp³-hybridized carbons (Fsp3) is 1.00. The second kappa shape index (κ2) is 25.0. The Kier molecular flexibility index (Phi) is 25.0. The van der Waals surface area contributed by atoms with Crippen LogP contribution in [0.25, 0.3) is 0 Å². The lowest BCUT2D eigenvalue weighted by Gasteiger charge is -2.10. The van der Waals surface area contributed by atoms with Crippen molar-refractivity contribution in [2.45, 2.75) is 174 Å². The van der Waals surface area contributed by atoms with Gasteiger partial charge in [0.05, 0.1) is 6.10 Å². The van der Waals surface area contributed by atoms with E-state index in [4.69, 9.17) is 0 Å². The molecule has 0 radical (unpaired) electrons. The van der Waals surface area contributed by atoms with Gasteiger partial charge in [0.15, 0.2) is 0 Å². The lowest BCUT2D eigenvalue weighted by molar-refractivity contribution is 0.147. The topological polar surface area (TPSA) is 20.2 Å². The predicted molar refractivity (Wildman–Crippen MR) is 128 cm³/mol. The third-order valence-electron chi connectivity index (χ3n) is 6.28. The van der Waals surface area contributed by atoms with Gasteiger partial charge < -0.3 is 5.11 Å². The van der Waals surface area contributed by atoms with E-state index < -0.39 is 0 Å². The zero-order valence-corrected chi connectivity index (χ0v) is 20.0. The summed E-state index contributed by atoms with van der Waals surface area (Å²) in [4.78, 5) is 0. The minimum atomic E-state index is -0.0304. The van der Waals surface area contributed by atoms with E-state index in [-0.39, 0.29) is 6.10 Å². The van der Waals surface area contributed by atoms with Crippen LogP contribution >= 0.6 is 0 Å². The molecule has 0 aromatic rings. The van der Waals surface area contributed by atoms with Crippen molar-refractivity contribution in [3.63, 3.8) is 0 Å². The molecule has 28 heavy (non-hydrogen) atoms. The predicted octanol–water partition coefficient (Wildman–Crippen LogP) is 9.75. The molecule has 0 amide bonds. The Bertz CT molecular complexity index is 263. The lowest BCUT2D eigenvalue weighted by Crippen LogP contribution is -2.05. The van der Waals surface area contributed by atoms with E-state index in [0.29, 0.717) is 0 Å². The first-order valence-electron chi connectivity index (χ1n) is 13.5. The van der Waals surface area contributed by atoms with Crippen LogP contribution < -0.4 is 0 Å². The molecular weight excluding hydrogens is 340 g/mol. The first-order valence-corrected chi connectivity index (χ1v) is 13.5. The molecule has 0 spiro atoms. The van der Waals surface area contributed by atoms with Crippen molar-refractivity contribution in [2.24, 2.45) is 0 Å². The molecule has 1 heteroatoms. The molecule has 0 fully saturated rings. The monoisotopic (exact) mass is 396 g/mol. The Morgan fingerprint density at radius 2 is 0.571 bits per heavy atom. The summed E-state index contributed by atoms with van der Waals surface area (Å²) in [5.41, 5.74) is 0. The number of hydrogen-bond donors (Lipinski definition) is 1. The van der Waals surface area contributed by atoms with E-state index in [0.717, 1.165) is 12.8 Å². The molecule has 0 rings (SSSR count). The van der Waals surface area contributed by atoms with Crippen molar-refractivity contribution < 1.29 is 5.11 Å². The van der Waals surface area contributed by atoms with Gasteiger partial charge in [0.2, 0.25) is 0 Å². The summed E-state index contributed by atoms with van der Waals surface area (Å²) < 4.78 is 0. The largest absolute Gasteiger partial charge is 0.393 e. The Morgan fingerprint density at radius 3 is 0.821 bits per heavy atom. The fourth-order valence-corrected chi connectivity index (χ4v) is 4.23. The summed E-state index contributed by atoms with van der Waals surface area (Å²) in [6.45, 7) is 4.57. The van der Waals surface area contributed by atoms with Crippen LogP contribution in [0.5, 0.6) is 0 Å². The normalized spacial score (nSPS) is 12.5. The van der Waals surface area contributed by atoms with Crippen molar-refractivity contribution in [3.8, 4) is 0 Å². The second-order valence-corrected chi connectivity index (χ2v) is 9.30. The third-order valence-corrected chi connectivity index (χ3v) is 6.28. The van der Waals surface area contributed by atoms with Gasteiger partial charge in [0.1, 0.15) is 0 Å². The first kappa shape index (κ1) is 28.0. The molecule has 0 saturated heterocycles. The Labute approximate surface area is 179 Å². The van der Waals surface area contributed by atoms with Gasteiger partial charge in [-0.25, -0.2) is 0 Å². The van der Waals surface area contributed by atoms with Crippen LogP contribution in [0.1, 0.15) is 168 Å². The highest BCUT2D eigenvalue weighted by Gasteiger charge is 2.03. The zero-order valence-electron chi connectivity index (χ0n) is 20.0. The highest BCUT2D eigenvalue weighted by molar-refractivity contribution is 4.58. The molecule has 0 bridgehead atoms. The van der Waals surface area contributed by atoms with Gasteiger partial charge in [-0.05, 0) is 12.8 Å². The van der Waals surface area contributed by atoms with Gasteiger partial charge in [-0.1, -0.05) is 155 Å². The number of unbranched alkanes of at least 4 members (excludes halogenated alkanes) is 20. The first-order chi connectivity index (χ1) is 13.8. The van der Waals surface area contributed by atoms with E-state index in [1.54, 1.807) is 0 Å². The smallest absolute Gasteiger partial charge is 0.0540 e. The van der Waals surface area contributed by atoms with Gasteiger partial charge in [-0.3, -0.25) is 0 Å². The van der Waals surface area contributed by atoms with Gasteiger partial charge in [-0.15, -0.1) is 0 Å². The SMILES string of the molecule is CCCCCCCCCCCCCCC(O)CCCCCCCCCCCC. The molecule has 1 unspecified atom stereocenters. The molecule has 0 heterocycles. The molecule has 0 aromatic carbocycles. The third kappa shape index (κ3) is 24.0. The van der Waals surface area contributed by atoms with Crippen LogP contribution in [0.2, 0.25) is 0 Å². The molecule has 1 N–H and O–H groups in total. The standard InChI is InChI=1S/C27H56O/c1-3-5-7-9-11-13-15-16-18-20-22-24-26-27(28)25-23-21-19-17-14-12-10-8-6-4-2/h27-28H,3-26H2,1-2H3. The average molecular weight is 397 g/mol. The maximum Gasteiger partial charge on any atom is 0.0540 e. The van der Waals surface area contributed by atoms with E-state index in [2.05, 4.69) is 13.8 Å². The van der Waals surface area contributed by atoms with Crippen molar-refractivity contribution in [1.82, 2.24) is 0 Å². The highest BCUT2D eigenvalue weighted by Crippen LogP contribution is 2.16. The Morgan fingerprint density at radius 1 is 0.357 bits per heavy atom. The highest BCUT2D eigenvalue weighted by atomic mass is 16.3. The lowest BCUT2D eigenvalue weighted by atomic mass is 10.0. The molecule has 0 aliphatic carbocycles. The van der Waals surface area contributed by atoms with Crippen molar-refractivity contribution in [2.75, 3.05) is 0 Å².